The summed E-state index contributed by atoms with van der Waals surface area (Å²) in [5.74, 6) is 0.519. The van der Waals surface area contributed by atoms with Crippen LogP contribution in [-0.2, 0) is 5.60 Å². The molecule has 1 N–H and O–H groups in total. The molecule has 2 atom stereocenters. The molecule has 0 aliphatic carbocycles. The summed E-state index contributed by atoms with van der Waals surface area (Å²) in [6.07, 6.45) is 5.74. The molecule has 0 aromatic heterocycles. The normalized spacial score (nSPS) is 26.9. The van der Waals surface area contributed by atoms with Gasteiger partial charge >= 0.3 is 0 Å². The molecule has 4 heteroatoms. The number of halogens is 2. The Kier molecular flexibility index (Phi) is 5.05. The Bertz CT molecular complexity index is 739. The van der Waals surface area contributed by atoms with Gasteiger partial charge in [0, 0.05) is 35.7 Å². The first-order valence-electron chi connectivity index (χ1n) is 9.87. The number of hydrogen-bond donors (Lipinski definition) is 1. The van der Waals surface area contributed by atoms with E-state index in [-0.39, 0.29) is 0 Å². The number of hydrogen-bond acceptors (Lipinski definition) is 1. The summed E-state index contributed by atoms with van der Waals surface area (Å²) in [5.41, 5.74) is 0.787. The highest BCUT2D eigenvalue weighted by Crippen LogP contribution is 2.47. The lowest BCUT2D eigenvalue weighted by atomic mass is 9.75. The van der Waals surface area contributed by atoms with Crippen molar-refractivity contribution in [2.24, 2.45) is 5.92 Å². The van der Waals surface area contributed by atoms with Crippen LogP contribution in [-0.4, -0.2) is 35.8 Å². The molecule has 0 amide bonds. The van der Waals surface area contributed by atoms with Gasteiger partial charge in [-0.2, -0.15) is 0 Å². The van der Waals surface area contributed by atoms with Crippen LogP contribution in [0, 0.1) is 5.92 Å². The average molecular weight is 405 g/mol. The first-order chi connectivity index (χ1) is 12.8. The third-order valence-corrected chi connectivity index (χ3v) is 7.66. The Morgan fingerprint density at radius 2 is 1.26 bits per heavy atom. The summed E-state index contributed by atoms with van der Waals surface area (Å²) in [7, 11) is 4.76. The van der Waals surface area contributed by atoms with E-state index in [2.05, 4.69) is 14.1 Å². The Morgan fingerprint density at radius 1 is 0.852 bits per heavy atom. The van der Waals surface area contributed by atoms with E-state index in [9.17, 15) is 5.11 Å². The maximum absolute atomic E-state index is 11.9. The zero-order valence-electron chi connectivity index (χ0n) is 16.0. The van der Waals surface area contributed by atoms with Crippen molar-refractivity contribution in [2.45, 2.75) is 49.8 Å². The van der Waals surface area contributed by atoms with Crippen LogP contribution < -0.4 is 0 Å². The predicted molar refractivity (Wildman–Crippen MR) is 112 cm³/mol. The quantitative estimate of drug-likeness (QED) is 0.653. The molecule has 4 rings (SSSR count). The molecular formula is C23H28Cl2NO+. The Morgan fingerprint density at radius 3 is 1.67 bits per heavy atom. The zero-order valence-corrected chi connectivity index (χ0v) is 17.5. The van der Waals surface area contributed by atoms with Crippen LogP contribution in [0.25, 0.3) is 0 Å². The van der Waals surface area contributed by atoms with Gasteiger partial charge in [-0.3, -0.25) is 0 Å². The van der Waals surface area contributed by atoms with Crippen molar-refractivity contribution in [2.75, 3.05) is 14.1 Å². The van der Waals surface area contributed by atoms with E-state index in [4.69, 9.17) is 23.2 Å². The first kappa shape index (κ1) is 19.3. The largest absolute Gasteiger partial charge is 0.380 e. The number of nitrogens with zero attached hydrogens (tertiary/aromatic N) is 1. The Hall–Kier alpha value is -1.06. The summed E-state index contributed by atoms with van der Waals surface area (Å²) in [6.45, 7) is 0. The van der Waals surface area contributed by atoms with Gasteiger partial charge < -0.3 is 9.59 Å². The summed E-state index contributed by atoms with van der Waals surface area (Å²) in [4.78, 5) is 0. The van der Waals surface area contributed by atoms with Crippen LogP contribution >= 0.6 is 23.2 Å². The molecule has 27 heavy (non-hydrogen) atoms. The van der Waals surface area contributed by atoms with Crippen molar-refractivity contribution in [1.82, 2.24) is 0 Å². The topological polar surface area (TPSA) is 20.2 Å². The number of piperidine rings is 1. The third-order valence-electron chi connectivity index (χ3n) is 7.15. The van der Waals surface area contributed by atoms with Gasteiger partial charge in [-0.25, -0.2) is 0 Å². The fourth-order valence-corrected chi connectivity index (χ4v) is 5.68. The van der Waals surface area contributed by atoms with Crippen molar-refractivity contribution < 1.29 is 9.59 Å². The SMILES string of the molecule is C[N+]1(C)[C@H]2CC[C@H]1CC(CC(O)(c1ccc(Cl)cc1)c1ccc(Cl)cc1)C2. The van der Waals surface area contributed by atoms with Crippen LogP contribution in [0.5, 0.6) is 0 Å². The fraction of sp³-hybridized carbons (Fsp3) is 0.478. The number of benzene rings is 2. The zero-order chi connectivity index (χ0) is 19.2. The third kappa shape index (κ3) is 3.53. The number of quaternary nitrogens is 1. The monoisotopic (exact) mass is 404 g/mol. The van der Waals surface area contributed by atoms with E-state index >= 15 is 0 Å². The molecule has 2 bridgehead atoms. The molecule has 0 radical (unpaired) electrons. The molecule has 2 saturated heterocycles. The minimum Gasteiger partial charge on any atom is -0.380 e. The minimum absolute atomic E-state index is 0.519. The van der Waals surface area contributed by atoms with Crippen LogP contribution in [0.1, 0.15) is 43.2 Å². The van der Waals surface area contributed by atoms with E-state index in [1.54, 1.807) is 0 Å². The maximum atomic E-state index is 11.9. The lowest BCUT2D eigenvalue weighted by Gasteiger charge is -2.46. The average Bonchev–Trinajstić information content (AvgIpc) is 2.80. The van der Waals surface area contributed by atoms with E-state index < -0.39 is 5.60 Å². The Labute approximate surface area is 172 Å². The summed E-state index contributed by atoms with van der Waals surface area (Å²) in [6, 6.07) is 16.7. The summed E-state index contributed by atoms with van der Waals surface area (Å²) in [5, 5.41) is 13.3. The molecule has 2 heterocycles. The highest BCUT2D eigenvalue weighted by atomic mass is 35.5. The smallest absolute Gasteiger partial charge is 0.115 e. The molecule has 2 fully saturated rings. The van der Waals surface area contributed by atoms with E-state index in [0.29, 0.717) is 28.0 Å². The molecule has 144 valence electrons. The van der Waals surface area contributed by atoms with Gasteiger partial charge in [0.1, 0.15) is 5.60 Å². The minimum atomic E-state index is -1.02. The van der Waals surface area contributed by atoms with E-state index in [1.165, 1.54) is 25.7 Å². The standard InChI is InChI=1S/C23H28Cl2NO/c1-26(2)21-11-12-22(26)14-16(13-21)15-23(27,17-3-7-19(24)8-4-17)18-5-9-20(25)10-6-18/h3-10,16,21-22,27H,11-15H2,1-2H3/q+1/t21-,22-/m0/s1. The Balaban J connectivity index is 1.67. The molecule has 2 aliphatic heterocycles. The van der Waals surface area contributed by atoms with Gasteiger partial charge in [-0.05, 0) is 47.7 Å². The van der Waals surface area contributed by atoms with Gasteiger partial charge in [0.25, 0.3) is 0 Å². The summed E-state index contributed by atoms with van der Waals surface area (Å²) < 4.78 is 1.15. The molecule has 0 unspecified atom stereocenters. The fourth-order valence-electron chi connectivity index (χ4n) is 5.43. The van der Waals surface area contributed by atoms with Gasteiger partial charge in [0.15, 0.2) is 0 Å². The van der Waals surface area contributed by atoms with Crippen molar-refractivity contribution in [3.05, 3.63) is 69.7 Å². The molecule has 0 saturated carbocycles. The van der Waals surface area contributed by atoms with Gasteiger partial charge in [0.2, 0.25) is 0 Å². The molecule has 0 spiro atoms. The van der Waals surface area contributed by atoms with Gasteiger partial charge in [-0.1, -0.05) is 47.5 Å². The van der Waals surface area contributed by atoms with Crippen molar-refractivity contribution >= 4 is 23.2 Å². The van der Waals surface area contributed by atoms with Gasteiger partial charge in [-0.15, -0.1) is 0 Å². The second kappa shape index (κ2) is 7.08. The highest BCUT2D eigenvalue weighted by Gasteiger charge is 2.50. The second-order valence-corrected chi connectivity index (χ2v) is 9.80. The van der Waals surface area contributed by atoms with Gasteiger partial charge in [0.05, 0.1) is 26.2 Å². The number of rotatable bonds is 4. The van der Waals surface area contributed by atoms with Crippen LogP contribution in [0.3, 0.4) is 0 Å². The van der Waals surface area contributed by atoms with Crippen molar-refractivity contribution in [1.29, 1.82) is 0 Å². The van der Waals surface area contributed by atoms with E-state index in [1.807, 2.05) is 48.5 Å². The maximum Gasteiger partial charge on any atom is 0.115 e. The molecule has 2 aromatic rings. The highest BCUT2D eigenvalue weighted by molar-refractivity contribution is 6.30. The lowest BCUT2D eigenvalue weighted by molar-refractivity contribution is -0.931. The number of fused-ring (bicyclic) bond motifs is 2. The van der Waals surface area contributed by atoms with Crippen molar-refractivity contribution in [3.8, 4) is 0 Å². The molecule has 2 aliphatic rings. The number of aliphatic hydroxyl groups is 1. The molecular weight excluding hydrogens is 377 g/mol. The second-order valence-electron chi connectivity index (χ2n) is 8.93. The summed E-state index contributed by atoms with van der Waals surface area (Å²) >= 11 is 12.2. The predicted octanol–water partition coefficient (Wildman–Crippen LogP) is 5.64. The lowest BCUT2D eigenvalue weighted by Crippen LogP contribution is -2.55. The molecule has 2 nitrogen and oxygen atoms in total. The van der Waals surface area contributed by atoms with E-state index in [0.717, 1.165) is 22.0 Å². The first-order valence-corrected chi connectivity index (χ1v) is 10.6. The van der Waals surface area contributed by atoms with Crippen LogP contribution in [0.15, 0.2) is 48.5 Å². The van der Waals surface area contributed by atoms with Crippen LogP contribution in [0.2, 0.25) is 10.0 Å². The molecule has 2 aromatic carbocycles. The van der Waals surface area contributed by atoms with Crippen molar-refractivity contribution in [3.63, 3.8) is 0 Å². The van der Waals surface area contributed by atoms with Crippen LogP contribution in [0.4, 0.5) is 0 Å².